The van der Waals surface area contributed by atoms with Crippen LogP contribution in [0.15, 0.2) is 0 Å². The zero-order valence-corrected chi connectivity index (χ0v) is 24.8. The summed E-state index contributed by atoms with van der Waals surface area (Å²) in [5.74, 6) is 0.652. The second kappa shape index (κ2) is 11.7. The zero-order chi connectivity index (χ0) is 24.3. The second-order valence-electron chi connectivity index (χ2n) is 8.83. The van der Waals surface area contributed by atoms with Crippen molar-refractivity contribution in [2.45, 2.75) is 46.8 Å². The minimum absolute atomic E-state index is 0. The van der Waals surface area contributed by atoms with Gasteiger partial charge in [-0.3, -0.25) is 14.9 Å². The molecule has 5 N–H and O–H groups in total. The quantitative estimate of drug-likeness (QED) is 0.244. The number of hydrazine groups is 2. The number of ether oxygens (including phenoxy) is 2. The molecule has 36 heavy (non-hydrogen) atoms. The predicted octanol–water partition coefficient (Wildman–Crippen LogP) is -0.851. The fraction of sp³-hybridized carbons (Fsp3) is 0.778. The summed E-state index contributed by atoms with van der Waals surface area (Å²) in [4.78, 5) is 26.2. The Bertz CT molecular complexity index is 859. The van der Waals surface area contributed by atoms with E-state index in [9.17, 15) is 9.59 Å². The van der Waals surface area contributed by atoms with E-state index in [0.717, 1.165) is 12.2 Å². The van der Waals surface area contributed by atoms with Crippen LogP contribution in [0.25, 0.3) is 0 Å². The summed E-state index contributed by atoms with van der Waals surface area (Å²) < 4.78 is 9.97. The minimum atomic E-state index is -0.766. The van der Waals surface area contributed by atoms with E-state index in [4.69, 9.17) is 19.7 Å². The fourth-order valence-corrected chi connectivity index (χ4v) is 9.58. The van der Waals surface area contributed by atoms with Crippen molar-refractivity contribution in [3.63, 3.8) is 0 Å². The number of nitrogens with one attached hydrogen (secondary N) is 3. The molecule has 0 aromatic carbocycles. The Morgan fingerprint density at radius 2 is 1.64 bits per heavy atom. The molecule has 0 aromatic rings. The van der Waals surface area contributed by atoms with Crippen LogP contribution in [0.2, 0.25) is 0 Å². The number of rotatable bonds is 4. The van der Waals surface area contributed by atoms with Crippen LogP contribution in [0.3, 0.4) is 0 Å². The number of hydrogen-bond acceptors (Lipinski definition) is 14. The molecule has 202 valence electrons. The standard InChI is InChI=1S/C9H15N4O3S.C9H14N3O3S2.2V/c1-8(16-2)4-10-9-12(5-13(9)11-8)6(3-17-9)7(14)15;1-15-7-2-3-16-9-11(5-12(9)10-7)6(4-17-9)8(13)14;;/h6,10-11H,2-5H2,1H3,(H,14,15);6-7,10H,1-5H2,(H,13,14);;/q2*-1;;. The first-order valence-corrected chi connectivity index (χ1v) is 13.7. The maximum Gasteiger partial charge on any atom is 0.321 e. The van der Waals surface area contributed by atoms with Crippen LogP contribution >= 0.6 is 35.3 Å². The molecule has 6 fully saturated rings. The van der Waals surface area contributed by atoms with Gasteiger partial charge in [0.1, 0.15) is 17.8 Å². The molecule has 2 radical (unpaired) electrons. The van der Waals surface area contributed by atoms with Crippen LogP contribution in [0.5, 0.6) is 0 Å². The third kappa shape index (κ3) is 5.04. The summed E-state index contributed by atoms with van der Waals surface area (Å²) in [5.41, 5.74) is 5.95. The van der Waals surface area contributed by atoms with Crippen LogP contribution in [0.1, 0.15) is 13.3 Å². The van der Waals surface area contributed by atoms with Gasteiger partial charge in [-0.2, -0.15) is 10.0 Å². The van der Waals surface area contributed by atoms with E-state index in [1.54, 1.807) is 35.3 Å². The molecule has 6 aliphatic rings. The predicted molar refractivity (Wildman–Crippen MR) is 127 cm³/mol. The molecule has 18 heteroatoms. The van der Waals surface area contributed by atoms with Gasteiger partial charge in [-0.1, -0.05) is 0 Å². The van der Waals surface area contributed by atoms with Gasteiger partial charge in [0.05, 0.1) is 19.6 Å². The minimum Gasteiger partial charge on any atom is -0.541 e. The molecule has 6 atom stereocenters. The van der Waals surface area contributed by atoms with Crippen LogP contribution in [-0.2, 0) is 56.2 Å². The molecule has 0 aromatic heterocycles. The number of thioether (sulfide) groups is 3. The van der Waals surface area contributed by atoms with Gasteiger partial charge in [-0.05, 0) is 13.3 Å². The van der Waals surface area contributed by atoms with E-state index < -0.39 is 28.8 Å². The summed E-state index contributed by atoms with van der Waals surface area (Å²) >= 11 is 5.05. The molecule has 6 heterocycles. The van der Waals surface area contributed by atoms with Crippen molar-refractivity contribution < 1.29 is 66.4 Å². The summed E-state index contributed by atoms with van der Waals surface area (Å²) in [6.45, 7) is 3.66. The molecule has 2 spiro atoms. The molecule has 13 nitrogen and oxygen atoms in total. The van der Waals surface area contributed by atoms with E-state index in [-0.39, 0.29) is 53.7 Å². The van der Waals surface area contributed by atoms with Crippen molar-refractivity contribution in [1.82, 2.24) is 36.0 Å². The van der Waals surface area contributed by atoms with Gasteiger partial charge in [0.15, 0.2) is 9.45 Å². The van der Waals surface area contributed by atoms with Crippen molar-refractivity contribution in [2.75, 3.05) is 37.1 Å². The summed E-state index contributed by atoms with van der Waals surface area (Å²) in [7, 11) is 6.90. The Balaban J connectivity index is 0.000000190. The number of nitrogens with zero attached hydrogens (tertiary/aromatic N) is 4. The van der Waals surface area contributed by atoms with Crippen LogP contribution < -0.4 is 16.2 Å². The van der Waals surface area contributed by atoms with Gasteiger partial charge in [0.25, 0.3) is 0 Å². The summed E-state index contributed by atoms with van der Waals surface area (Å²) in [6.07, 6.45) is 0.798. The molecule has 6 aliphatic heterocycles. The Labute approximate surface area is 246 Å². The van der Waals surface area contributed by atoms with Crippen molar-refractivity contribution in [1.29, 1.82) is 0 Å². The van der Waals surface area contributed by atoms with E-state index in [1.165, 1.54) is 0 Å². The first-order valence-electron chi connectivity index (χ1n) is 10.8. The number of hydrogen-bond donors (Lipinski definition) is 5. The Hall–Kier alpha value is 0.799. The fourth-order valence-electron chi connectivity index (χ4n) is 4.76. The average Bonchev–Trinajstić information content (AvgIpc) is 3.17. The smallest absolute Gasteiger partial charge is 0.321 e. The Morgan fingerprint density at radius 3 is 2.25 bits per heavy atom. The maximum absolute atomic E-state index is 11.1. The van der Waals surface area contributed by atoms with Crippen molar-refractivity contribution in [3.8, 4) is 0 Å². The third-order valence-corrected chi connectivity index (χ3v) is 11.5. The zero-order valence-electron chi connectivity index (χ0n) is 19.5. The van der Waals surface area contributed by atoms with Crippen LogP contribution in [0.4, 0.5) is 0 Å². The molecule has 0 bridgehead atoms. The topological polar surface area (TPSA) is 142 Å². The van der Waals surface area contributed by atoms with Crippen molar-refractivity contribution in [3.05, 3.63) is 14.2 Å². The largest absolute Gasteiger partial charge is 0.541 e. The van der Waals surface area contributed by atoms with Gasteiger partial charge in [-0.25, -0.2) is 34.9 Å². The summed E-state index contributed by atoms with van der Waals surface area (Å²) in [6, 6.07) is -0.793. The van der Waals surface area contributed by atoms with Gasteiger partial charge in [-0.15, -0.1) is 35.3 Å². The van der Waals surface area contributed by atoms with E-state index in [0.29, 0.717) is 31.4 Å². The van der Waals surface area contributed by atoms with E-state index >= 15 is 0 Å². The molecule has 0 saturated carbocycles. The van der Waals surface area contributed by atoms with Crippen molar-refractivity contribution in [2.24, 2.45) is 0 Å². The summed E-state index contributed by atoms with van der Waals surface area (Å²) in [5, 5.41) is 25.2. The monoisotopic (exact) mass is 637 g/mol. The second-order valence-corrected chi connectivity index (χ2v) is 12.7. The average molecular weight is 638 g/mol. The Kier molecular flexibility index (Phi) is 10.2. The van der Waals surface area contributed by atoms with Crippen molar-refractivity contribution >= 4 is 47.2 Å². The number of aliphatic carboxylic acids is 2. The maximum atomic E-state index is 11.1. The normalized spacial score (nSPS) is 41.8. The van der Waals surface area contributed by atoms with Gasteiger partial charge >= 0.3 is 11.9 Å². The first kappa shape index (κ1) is 31.3. The first-order chi connectivity index (χ1) is 16.2. The molecule has 6 saturated heterocycles. The molecule has 6 rings (SSSR count). The molecule has 6 unspecified atom stereocenters. The van der Waals surface area contributed by atoms with Gasteiger partial charge < -0.3 is 19.7 Å². The van der Waals surface area contributed by atoms with Crippen LogP contribution in [-0.4, -0.2) is 113 Å². The third-order valence-electron chi connectivity index (χ3n) is 6.76. The number of carboxylic acids is 2. The number of carboxylic acid groups (broad SMARTS) is 2. The Morgan fingerprint density at radius 1 is 1.00 bits per heavy atom. The van der Waals surface area contributed by atoms with Crippen LogP contribution in [0, 0.1) is 14.2 Å². The molecule has 0 amide bonds. The van der Waals surface area contributed by atoms with Gasteiger partial charge in [0, 0.05) is 60.9 Å². The van der Waals surface area contributed by atoms with E-state index in [1.807, 2.05) is 21.7 Å². The molecular weight excluding hydrogens is 608 g/mol. The molecular formula is C18H29N7O6S3V2-2. The van der Waals surface area contributed by atoms with E-state index in [2.05, 4.69) is 35.4 Å². The number of carbonyl (C=O) groups is 2. The molecule has 0 aliphatic carbocycles. The van der Waals surface area contributed by atoms with Gasteiger partial charge in [0.2, 0.25) is 0 Å². The SMILES string of the molecule is [CH2-]OC1(C)CNC23SCC(C(=O)O)N2CN3N1.[CH2-]OC1CCSC23SCC(C(=O)O)N2CN3N1.[V].[V].